The zero-order valence-electron chi connectivity index (χ0n) is 19.8. The van der Waals surface area contributed by atoms with Crippen molar-refractivity contribution in [3.05, 3.63) is 42.0 Å². The molecule has 1 aliphatic heterocycles. The molecule has 0 radical (unpaired) electrons. The Morgan fingerprint density at radius 1 is 0.800 bits per heavy atom. The largest absolute Gasteiger partial charge is 0.491 e. The Balaban J connectivity index is 1.35. The van der Waals surface area contributed by atoms with Crippen molar-refractivity contribution in [3.63, 3.8) is 0 Å². The number of hydrogen-bond acceptors (Lipinski definition) is 2. The predicted octanol–water partition coefficient (Wildman–Crippen LogP) is 8.43. The van der Waals surface area contributed by atoms with Gasteiger partial charge < -0.3 is 9.47 Å². The highest BCUT2D eigenvalue weighted by atomic mass is 16.6. The van der Waals surface area contributed by atoms with E-state index in [0.29, 0.717) is 6.61 Å². The molecular weight excluding hydrogens is 368 g/mol. The average molecular weight is 415 g/mol. The molecule has 0 amide bonds. The second-order valence-corrected chi connectivity index (χ2v) is 9.36. The summed E-state index contributed by atoms with van der Waals surface area (Å²) in [6.45, 7) is 5.85. The summed E-state index contributed by atoms with van der Waals surface area (Å²) in [7, 11) is 0. The van der Waals surface area contributed by atoms with Crippen LogP contribution in [0.4, 0.5) is 0 Å². The third-order valence-corrected chi connectivity index (χ3v) is 6.08. The molecule has 2 heteroatoms. The zero-order chi connectivity index (χ0) is 21.3. The van der Waals surface area contributed by atoms with Gasteiger partial charge in [-0.25, -0.2) is 0 Å². The van der Waals surface area contributed by atoms with Crippen molar-refractivity contribution in [1.82, 2.24) is 0 Å². The Morgan fingerprint density at radius 2 is 1.33 bits per heavy atom. The second kappa shape index (κ2) is 15.5. The van der Waals surface area contributed by atoms with Crippen LogP contribution in [0, 0.1) is 0 Å². The van der Waals surface area contributed by atoms with Crippen LogP contribution in [-0.4, -0.2) is 18.8 Å². The molecule has 0 spiro atoms. The summed E-state index contributed by atoms with van der Waals surface area (Å²) in [4.78, 5) is 0. The third kappa shape index (κ3) is 12.4. The Morgan fingerprint density at radius 3 is 1.90 bits per heavy atom. The number of epoxide rings is 1. The highest BCUT2D eigenvalue weighted by Gasteiger charge is 2.40. The first-order valence-electron chi connectivity index (χ1n) is 12.7. The van der Waals surface area contributed by atoms with Crippen LogP contribution in [0.2, 0.25) is 0 Å². The second-order valence-electron chi connectivity index (χ2n) is 9.36. The van der Waals surface area contributed by atoms with Crippen LogP contribution in [-0.2, 0) is 11.2 Å². The molecule has 1 aromatic rings. The van der Waals surface area contributed by atoms with E-state index in [1.165, 1.54) is 102 Å². The number of rotatable bonds is 19. The molecule has 30 heavy (non-hydrogen) atoms. The highest BCUT2D eigenvalue weighted by Crippen LogP contribution is 2.27. The van der Waals surface area contributed by atoms with Gasteiger partial charge in [-0.15, -0.1) is 0 Å². The standard InChI is InChI=1S/C28H46O2/c1-3-4-5-6-7-8-9-10-11-12-13-14-15-16-17-18-19-26-20-22-27(23-21-26)29-24-28(2)25-30-28/h11-12,20-23H,3-10,13-19,24-25H2,1-2H3/b12-11+. The minimum Gasteiger partial charge on any atom is -0.491 e. The Hall–Kier alpha value is -1.28. The average Bonchev–Trinajstić information content (AvgIpc) is 3.50. The molecule has 1 unspecified atom stereocenters. The lowest BCUT2D eigenvalue weighted by Gasteiger charge is -2.09. The quantitative estimate of drug-likeness (QED) is 0.129. The van der Waals surface area contributed by atoms with E-state index < -0.39 is 0 Å². The van der Waals surface area contributed by atoms with Crippen LogP contribution in [0.25, 0.3) is 0 Å². The first-order valence-corrected chi connectivity index (χ1v) is 12.7. The van der Waals surface area contributed by atoms with Crippen LogP contribution in [0.3, 0.4) is 0 Å². The minimum atomic E-state index is -0.0397. The smallest absolute Gasteiger partial charge is 0.123 e. The van der Waals surface area contributed by atoms with Gasteiger partial charge in [0.1, 0.15) is 18.0 Å². The van der Waals surface area contributed by atoms with E-state index in [2.05, 4.69) is 50.3 Å². The maximum atomic E-state index is 5.79. The van der Waals surface area contributed by atoms with E-state index in [0.717, 1.165) is 12.4 Å². The molecule has 1 fully saturated rings. The van der Waals surface area contributed by atoms with Gasteiger partial charge in [0.25, 0.3) is 0 Å². The summed E-state index contributed by atoms with van der Waals surface area (Å²) in [5.41, 5.74) is 1.38. The lowest BCUT2D eigenvalue weighted by molar-refractivity contribution is 0.202. The Bertz CT molecular complexity index is 557. The molecule has 0 saturated carbocycles. The van der Waals surface area contributed by atoms with Gasteiger partial charge in [0, 0.05) is 0 Å². The third-order valence-electron chi connectivity index (χ3n) is 6.08. The lowest BCUT2D eigenvalue weighted by atomic mass is 10.0. The summed E-state index contributed by atoms with van der Waals surface area (Å²) in [5.74, 6) is 0.954. The van der Waals surface area contributed by atoms with Gasteiger partial charge in [0.2, 0.25) is 0 Å². The fourth-order valence-electron chi connectivity index (χ4n) is 3.77. The molecule has 0 aromatic heterocycles. The number of aryl methyl sites for hydroxylation is 1. The Kier molecular flexibility index (Phi) is 12.9. The monoisotopic (exact) mass is 414 g/mol. The van der Waals surface area contributed by atoms with Gasteiger partial charge in [0.15, 0.2) is 0 Å². The Labute approximate surface area is 186 Å². The predicted molar refractivity (Wildman–Crippen MR) is 129 cm³/mol. The summed E-state index contributed by atoms with van der Waals surface area (Å²) in [5, 5.41) is 0. The fraction of sp³-hybridized carbons (Fsp3) is 0.714. The molecule has 2 rings (SSSR count). The van der Waals surface area contributed by atoms with Crippen LogP contribution in [0.15, 0.2) is 36.4 Å². The van der Waals surface area contributed by atoms with Crippen molar-refractivity contribution < 1.29 is 9.47 Å². The summed E-state index contributed by atoms with van der Waals surface area (Å²) in [6.07, 6.45) is 25.1. The number of benzene rings is 1. The van der Waals surface area contributed by atoms with Crippen LogP contribution < -0.4 is 4.74 Å². The number of allylic oxidation sites excluding steroid dienone is 2. The molecule has 0 N–H and O–H groups in total. The van der Waals surface area contributed by atoms with E-state index in [1.807, 2.05) is 0 Å². The first-order chi connectivity index (χ1) is 14.7. The summed E-state index contributed by atoms with van der Waals surface area (Å²) >= 11 is 0. The molecule has 1 saturated heterocycles. The SMILES string of the molecule is CCCCCCCCC/C=C/CCCCCCCc1ccc(OCC2(C)CO2)cc1. The van der Waals surface area contributed by atoms with Crippen molar-refractivity contribution in [2.45, 2.75) is 116 Å². The van der Waals surface area contributed by atoms with Gasteiger partial charge in [-0.2, -0.15) is 0 Å². The number of unbranched alkanes of at least 4 members (excludes halogenated alkanes) is 12. The van der Waals surface area contributed by atoms with Crippen molar-refractivity contribution >= 4 is 0 Å². The fourth-order valence-corrected chi connectivity index (χ4v) is 3.77. The lowest BCUT2D eigenvalue weighted by Crippen LogP contribution is -2.16. The van der Waals surface area contributed by atoms with Crippen molar-refractivity contribution in [1.29, 1.82) is 0 Å². The summed E-state index contributed by atoms with van der Waals surface area (Å²) in [6, 6.07) is 8.61. The van der Waals surface area contributed by atoms with Gasteiger partial charge in [0.05, 0.1) is 6.61 Å². The normalized spacial score (nSPS) is 18.2. The topological polar surface area (TPSA) is 21.8 Å². The molecule has 1 aromatic carbocycles. The molecule has 1 aliphatic rings. The number of hydrogen-bond donors (Lipinski definition) is 0. The molecule has 0 aliphatic carbocycles. The van der Waals surface area contributed by atoms with E-state index in [4.69, 9.17) is 9.47 Å². The molecular formula is C28H46O2. The van der Waals surface area contributed by atoms with E-state index >= 15 is 0 Å². The van der Waals surface area contributed by atoms with Gasteiger partial charge in [-0.1, -0.05) is 89.0 Å². The molecule has 2 nitrogen and oxygen atoms in total. The van der Waals surface area contributed by atoms with E-state index in [1.54, 1.807) is 0 Å². The first kappa shape index (κ1) is 25.0. The van der Waals surface area contributed by atoms with Crippen LogP contribution in [0.1, 0.15) is 109 Å². The van der Waals surface area contributed by atoms with Crippen molar-refractivity contribution in [2.24, 2.45) is 0 Å². The van der Waals surface area contributed by atoms with Gasteiger partial charge in [-0.05, 0) is 63.1 Å². The van der Waals surface area contributed by atoms with Crippen molar-refractivity contribution in [3.8, 4) is 5.75 Å². The maximum Gasteiger partial charge on any atom is 0.123 e. The molecule has 1 atom stereocenters. The minimum absolute atomic E-state index is 0.0397. The maximum absolute atomic E-state index is 5.79. The zero-order valence-corrected chi connectivity index (χ0v) is 19.8. The van der Waals surface area contributed by atoms with Gasteiger partial charge >= 0.3 is 0 Å². The van der Waals surface area contributed by atoms with Crippen LogP contribution in [0.5, 0.6) is 5.75 Å². The van der Waals surface area contributed by atoms with Gasteiger partial charge in [-0.3, -0.25) is 0 Å². The van der Waals surface area contributed by atoms with E-state index in [9.17, 15) is 0 Å². The molecule has 1 heterocycles. The molecule has 170 valence electrons. The van der Waals surface area contributed by atoms with Crippen LogP contribution >= 0.6 is 0 Å². The number of ether oxygens (including phenoxy) is 2. The molecule has 0 bridgehead atoms. The van der Waals surface area contributed by atoms with E-state index in [-0.39, 0.29) is 5.60 Å². The summed E-state index contributed by atoms with van der Waals surface area (Å²) < 4.78 is 11.1. The van der Waals surface area contributed by atoms with Crippen molar-refractivity contribution in [2.75, 3.05) is 13.2 Å². The highest BCUT2D eigenvalue weighted by molar-refractivity contribution is 5.27.